The topological polar surface area (TPSA) is 59.8 Å². The highest BCUT2D eigenvalue weighted by Gasteiger charge is 2.24. The Morgan fingerprint density at radius 3 is 2.24 bits per heavy atom. The van der Waals surface area contributed by atoms with Gasteiger partial charge in [-0.15, -0.1) is 0 Å². The number of aryl methyl sites for hydroxylation is 1. The Balaban J connectivity index is 1.94. The lowest BCUT2D eigenvalue weighted by atomic mass is 10.1. The van der Waals surface area contributed by atoms with Crippen LogP contribution in [0, 0.1) is 6.92 Å². The van der Waals surface area contributed by atoms with Gasteiger partial charge in [-0.25, -0.2) is 4.68 Å². The second-order valence-electron chi connectivity index (χ2n) is 8.75. The molecule has 2 atom stereocenters. The maximum absolute atomic E-state index is 10.6. The zero-order valence-corrected chi connectivity index (χ0v) is 20.4. The van der Waals surface area contributed by atoms with Crippen LogP contribution in [0.5, 0.6) is 11.6 Å². The van der Waals surface area contributed by atoms with Crippen molar-refractivity contribution in [2.75, 3.05) is 13.2 Å². The lowest BCUT2D eigenvalue weighted by Gasteiger charge is -2.30. The number of aliphatic hydroxyl groups excluding tert-OH is 1. The van der Waals surface area contributed by atoms with Crippen molar-refractivity contribution in [2.45, 2.75) is 65.8 Å². The Labute approximate surface area is 197 Å². The maximum atomic E-state index is 10.6. The van der Waals surface area contributed by atoms with Crippen molar-refractivity contribution in [1.82, 2.24) is 14.7 Å². The monoisotopic (exact) mass is 451 g/mol. The van der Waals surface area contributed by atoms with E-state index in [9.17, 15) is 5.11 Å². The number of ether oxygens (including phenoxy) is 2. The standard InChI is InChI=1S/C27H37N3O3/c1-6-21(4)29(17-24(31)19-32-20(2)3)18-26-22(5)28-30(23-13-9-7-10-14-23)27(26)33-25-15-11-8-12-16-25/h7-16,20-21,24,31H,6,17-19H2,1-5H3/t21-,24+/m1/s1. The zero-order chi connectivity index (χ0) is 23.8. The van der Waals surface area contributed by atoms with Crippen LogP contribution in [0.1, 0.15) is 45.4 Å². The number of rotatable bonds is 12. The molecule has 0 aliphatic carbocycles. The smallest absolute Gasteiger partial charge is 0.227 e. The van der Waals surface area contributed by atoms with E-state index in [-0.39, 0.29) is 12.1 Å². The van der Waals surface area contributed by atoms with Crippen LogP contribution in [0.25, 0.3) is 5.69 Å². The predicted molar refractivity (Wildman–Crippen MR) is 132 cm³/mol. The first-order chi connectivity index (χ1) is 15.9. The van der Waals surface area contributed by atoms with Gasteiger partial charge < -0.3 is 14.6 Å². The van der Waals surface area contributed by atoms with Gasteiger partial charge >= 0.3 is 0 Å². The largest absolute Gasteiger partial charge is 0.439 e. The summed E-state index contributed by atoms with van der Waals surface area (Å²) in [7, 11) is 0. The fraction of sp³-hybridized carbons (Fsp3) is 0.444. The Hall–Kier alpha value is -2.67. The average Bonchev–Trinajstić information content (AvgIpc) is 3.12. The van der Waals surface area contributed by atoms with E-state index in [1.807, 2.05) is 86.1 Å². The molecule has 178 valence electrons. The van der Waals surface area contributed by atoms with Gasteiger partial charge in [-0.3, -0.25) is 4.90 Å². The molecule has 0 saturated carbocycles. The third-order valence-electron chi connectivity index (χ3n) is 5.74. The van der Waals surface area contributed by atoms with Gasteiger partial charge in [0.1, 0.15) is 5.75 Å². The summed E-state index contributed by atoms with van der Waals surface area (Å²) in [5.41, 5.74) is 2.87. The summed E-state index contributed by atoms with van der Waals surface area (Å²) in [6.07, 6.45) is 0.497. The van der Waals surface area contributed by atoms with Crippen molar-refractivity contribution in [3.63, 3.8) is 0 Å². The minimum Gasteiger partial charge on any atom is -0.439 e. The number of hydrogen-bond donors (Lipinski definition) is 1. The van der Waals surface area contributed by atoms with Crippen LogP contribution >= 0.6 is 0 Å². The van der Waals surface area contributed by atoms with Crippen molar-refractivity contribution >= 4 is 0 Å². The molecule has 0 radical (unpaired) electrons. The third-order valence-corrected chi connectivity index (χ3v) is 5.74. The van der Waals surface area contributed by atoms with Crippen molar-refractivity contribution in [2.24, 2.45) is 0 Å². The molecule has 0 saturated heterocycles. The minimum atomic E-state index is -0.565. The van der Waals surface area contributed by atoms with Gasteiger partial charge in [0.25, 0.3) is 0 Å². The first-order valence-corrected chi connectivity index (χ1v) is 11.8. The molecule has 6 nitrogen and oxygen atoms in total. The number of aromatic nitrogens is 2. The quantitative estimate of drug-likeness (QED) is 0.402. The molecule has 0 unspecified atom stereocenters. The van der Waals surface area contributed by atoms with Crippen molar-refractivity contribution in [3.05, 3.63) is 71.9 Å². The van der Waals surface area contributed by atoms with E-state index < -0.39 is 6.10 Å². The molecule has 0 aliphatic rings. The predicted octanol–water partition coefficient (Wildman–Crippen LogP) is 5.36. The molecular weight excluding hydrogens is 414 g/mol. The number of hydrogen-bond acceptors (Lipinski definition) is 5. The van der Waals surface area contributed by atoms with Crippen molar-refractivity contribution in [3.8, 4) is 17.3 Å². The SMILES string of the molecule is CC[C@@H](C)N(Cc1c(C)nn(-c2ccccc2)c1Oc1ccccc1)C[C@H](O)COC(C)C. The van der Waals surface area contributed by atoms with Crippen molar-refractivity contribution in [1.29, 1.82) is 0 Å². The molecule has 0 amide bonds. The molecule has 3 rings (SSSR count). The molecule has 0 spiro atoms. The van der Waals surface area contributed by atoms with Gasteiger partial charge in [-0.1, -0.05) is 43.3 Å². The van der Waals surface area contributed by atoms with Crippen LogP contribution in [-0.2, 0) is 11.3 Å². The van der Waals surface area contributed by atoms with E-state index in [0.717, 1.165) is 29.1 Å². The Kier molecular flexibility index (Phi) is 9.06. The van der Waals surface area contributed by atoms with E-state index in [0.29, 0.717) is 25.6 Å². The van der Waals surface area contributed by atoms with Gasteiger partial charge in [-0.2, -0.15) is 5.10 Å². The molecular formula is C27H37N3O3. The summed E-state index contributed by atoms with van der Waals surface area (Å²) in [5.74, 6) is 1.46. The highest BCUT2D eigenvalue weighted by atomic mass is 16.5. The van der Waals surface area contributed by atoms with Gasteiger partial charge in [0.05, 0.1) is 35.8 Å². The third kappa shape index (κ3) is 6.90. The first kappa shape index (κ1) is 25.0. The molecule has 0 fully saturated rings. The highest BCUT2D eigenvalue weighted by molar-refractivity contribution is 5.43. The number of aliphatic hydroxyl groups is 1. The van der Waals surface area contributed by atoms with Gasteiger partial charge in [0.2, 0.25) is 5.88 Å². The van der Waals surface area contributed by atoms with E-state index in [1.54, 1.807) is 0 Å². The van der Waals surface area contributed by atoms with Crippen LogP contribution in [0.15, 0.2) is 60.7 Å². The molecule has 33 heavy (non-hydrogen) atoms. The Morgan fingerprint density at radius 1 is 1.00 bits per heavy atom. The first-order valence-electron chi connectivity index (χ1n) is 11.8. The molecule has 1 N–H and O–H groups in total. The molecule has 2 aromatic carbocycles. The second-order valence-corrected chi connectivity index (χ2v) is 8.75. The Morgan fingerprint density at radius 2 is 1.64 bits per heavy atom. The molecule has 6 heteroatoms. The van der Waals surface area contributed by atoms with Crippen molar-refractivity contribution < 1.29 is 14.6 Å². The molecule has 1 aromatic heterocycles. The fourth-order valence-electron chi connectivity index (χ4n) is 3.66. The van der Waals surface area contributed by atoms with Crippen LogP contribution in [0.2, 0.25) is 0 Å². The zero-order valence-electron chi connectivity index (χ0n) is 20.4. The summed E-state index contributed by atoms with van der Waals surface area (Å²) in [6, 6.07) is 20.1. The van der Waals surface area contributed by atoms with Gasteiger partial charge in [0, 0.05) is 19.1 Å². The normalized spacial score (nSPS) is 13.5. The van der Waals surface area contributed by atoms with Crippen LogP contribution < -0.4 is 4.74 Å². The lowest BCUT2D eigenvalue weighted by Crippen LogP contribution is -2.40. The van der Waals surface area contributed by atoms with Gasteiger partial charge in [-0.05, 0) is 58.4 Å². The van der Waals surface area contributed by atoms with Crippen LogP contribution in [-0.4, -0.2) is 51.2 Å². The summed E-state index contributed by atoms with van der Waals surface area (Å²) in [5, 5.41) is 15.5. The minimum absolute atomic E-state index is 0.0916. The molecule has 0 aliphatic heterocycles. The van der Waals surface area contributed by atoms with E-state index in [2.05, 4.69) is 18.7 Å². The molecule has 0 bridgehead atoms. The Bertz CT molecular complexity index is 973. The second kappa shape index (κ2) is 12.0. The lowest BCUT2D eigenvalue weighted by molar-refractivity contribution is -0.0150. The average molecular weight is 452 g/mol. The maximum Gasteiger partial charge on any atom is 0.227 e. The van der Waals surface area contributed by atoms with E-state index >= 15 is 0 Å². The van der Waals surface area contributed by atoms with Crippen LogP contribution in [0.4, 0.5) is 0 Å². The van der Waals surface area contributed by atoms with Crippen LogP contribution in [0.3, 0.4) is 0 Å². The van der Waals surface area contributed by atoms with E-state index in [4.69, 9.17) is 14.6 Å². The van der Waals surface area contributed by atoms with E-state index in [1.165, 1.54) is 0 Å². The number of para-hydroxylation sites is 2. The van der Waals surface area contributed by atoms with Gasteiger partial charge in [0.15, 0.2) is 0 Å². The summed E-state index contributed by atoms with van der Waals surface area (Å²) in [4.78, 5) is 2.28. The molecule has 1 heterocycles. The summed E-state index contributed by atoms with van der Waals surface area (Å²) < 4.78 is 13.9. The summed E-state index contributed by atoms with van der Waals surface area (Å²) in [6.45, 7) is 11.8. The highest BCUT2D eigenvalue weighted by Crippen LogP contribution is 2.32. The number of benzene rings is 2. The fourth-order valence-corrected chi connectivity index (χ4v) is 3.66. The summed E-state index contributed by atoms with van der Waals surface area (Å²) >= 11 is 0. The molecule has 3 aromatic rings. The number of nitrogens with zero attached hydrogens (tertiary/aromatic N) is 3.